The summed E-state index contributed by atoms with van der Waals surface area (Å²) < 4.78 is 4.64. The summed E-state index contributed by atoms with van der Waals surface area (Å²) in [7, 11) is 1.17. The lowest BCUT2D eigenvalue weighted by Gasteiger charge is -2.29. The van der Waals surface area contributed by atoms with Gasteiger partial charge < -0.3 is 14.7 Å². The predicted molar refractivity (Wildman–Crippen MR) is 86.5 cm³/mol. The van der Waals surface area contributed by atoms with Crippen molar-refractivity contribution < 1.29 is 29.2 Å². The molecule has 0 aliphatic rings. The van der Waals surface area contributed by atoms with Gasteiger partial charge in [-0.15, -0.1) is 0 Å². The first-order chi connectivity index (χ1) is 11.7. The summed E-state index contributed by atoms with van der Waals surface area (Å²) >= 11 is 0. The molecule has 0 aromatic heterocycles. The Morgan fingerprint density at radius 2 is 1.84 bits per heavy atom. The number of hydrogen-bond donors (Lipinski definition) is 1. The van der Waals surface area contributed by atoms with E-state index in [-0.39, 0.29) is 18.7 Å². The molecule has 2 atom stereocenters. The van der Waals surface area contributed by atoms with E-state index in [0.29, 0.717) is 5.56 Å². The summed E-state index contributed by atoms with van der Waals surface area (Å²) in [5.74, 6) is -3.97. The predicted octanol–water partition coefficient (Wildman–Crippen LogP) is 1.60. The van der Waals surface area contributed by atoms with Crippen LogP contribution in [0.3, 0.4) is 0 Å². The fraction of sp³-hybridized carbons (Fsp3) is 0.438. The molecule has 0 aliphatic heterocycles. The zero-order chi connectivity index (χ0) is 19.1. The van der Waals surface area contributed by atoms with E-state index in [0.717, 1.165) is 4.90 Å². The number of rotatable bonds is 8. The molecule has 136 valence electrons. The van der Waals surface area contributed by atoms with Gasteiger partial charge in [0.15, 0.2) is 0 Å². The number of carboxylic acids is 1. The van der Waals surface area contributed by atoms with Crippen molar-refractivity contribution in [3.05, 3.63) is 39.9 Å². The number of hydrogen-bond acceptors (Lipinski definition) is 6. The molecule has 1 aromatic carbocycles. The topological polar surface area (TPSA) is 127 Å². The van der Waals surface area contributed by atoms with E-state index < -0.39 is 34.7 Å². The van der Waals surface area contributed by atoms with E-state index in [2.05, 4.69) is 4.74 Å². The molecule has 0 saturated heterocycles. The fourth-order valence-corrected chi connectivity index (χ4v) is 2.28. The number of benzene rings is 1. The lowest BCUT2D eigenvalue weighted by Crippen LogP contribution is -2.47. The molecule has 0 aliphatic carbocycles. The van der Waals surface area contributed by atoms with E-state index in [1.165, 1.54) is 38.3 Å². The largest absolute Gasteiger partial charge is 0.481 e. The number of nitrogens with zero attached hydrogens (tertiary/aromatic N) is 2. The van der Waals surface area contributed by atoms with E-state index in [9.17, 15) is 29.6 Å². The number of ether oxygens (including phenoxy) is 1. The Labute approximate surface area is 144 Å². The van der Waals surface area contributed by atoms with Crippen molar-refractivity contribution in [1.29, 1.82) is 0 Å². The van der Waals surface area contributed by atoms with Crippen LogP contribution in [0.2, 0.25) is 0 Å². The van der Waals surface area contributed by atoms with Crippen molar-refractivity contribution in [3.63, 3.8) is 0 Å². The third-order valence-corrected chi connectivity index (χ3v) is 3.80. The Bertz CT molecular complexity index is 657. The van der Waals surface area contributed by atoms with E-state index in [1.54, 1.807) is 6.92 Å². The quantitative estimate of drug-likeness (QED) is 0.326. The molecule has 1 amide bonds. The van der Waals surface area contributed by atoms with Gasteiger partial charge in [0.2, 0.25) is 5.91 Å². The smallest absolute Gasteiger partial charge is 0.328 e. The van der Waals surface area contributed by atoms with Crippen molar-refractivity contribution in [2.24, 2.45) is 5.92 Å². The highest BCUT2D eigenvalue weighted by molar-refractivity contribution is 5.98. The second-order valence-corrected chi connectivity index (χ2v) is 5.39. The average molecular weight is 352 g/mol. The van der Waals surface area contributed by atoms with Crippen molar-refractivity contribution in [1.82, 2.24) is 4.90 Å². The number of carboxylic acid groups (broad SMARTS) is 1. The van der Waals surface area contributed by atoms with Crippen LogP contribution in [0.4, 0.5) is 5.69 Å². The van der Waals surface area contributed by atoms with Crippen LogP contribution in [-0.2, 0) is 25.7 Å². The van der Waals surface area contributed by atoms with Crippen LogP contribution in [-0.4, -0.2) is 45.9 Å². The molecule has 9 nitrogen and oxygen atoms in total. The Hall–Kier alpha value is -2.97. The Morgan fingerprint density at radius 3 is 2.24 bits per heavy atom. The number of carbonyl (C=O) groups is 3. The minimum atomic E-state index is -1.29. The highest BCUT2D eigenvalue weighted by Gasteiger charge is 2.34. The fourth-order valence-electron chi connectivity index (χ4n) is 2.28. The maximum atomic E-state index is 12.6. The van der Waals surface area contributed by atoms with Crippen LogP contribution in [0.25, 0.3) is 0 Å². The van der Waals surface area contributed by atoms with Gasteiger partial charge in [-0.1, -0.05) is 19.1 Å². The summed E-state index contributed by atoms with van der Waals surface area (Å²) in [5.41, 5.74) is 0.412. The molecule has 0 spiro atoms. The summed E-state index contributed by atoms with van der Waals surface area (Å²) in [5, 5.41) is 19.9. The summed E-state index contributed by atoms with van der Waals surface area (Å²) in [4.78, 5) is 46.9. The van der Waals surface area contributed by atoms with Crippen LogP contribution < -0.4 is 0 Å². The van der Waals surface area contributed by atoms with Crippen LogP contribution in [0.15, 0.2) is 24.3 Å². The second-order valence-electron chi connectivity index (χ2n) is 5.39. The number of carbonyl (C=O) groups excluding carboxylic acids is 2. The maximum Gasteiger partial charge on any atom is 0.328 e. The molecule has 1 N–H and O–H groups in total. The molecule has 1 aromatic rings. The highest BCUT2D eigenvalue weighted by atomic mass is 16.6. The van der Waals surface area contributed by atoms with Gasteiger partial charge in [0.05, 0.1) is 12.0 Å². The summed E-state index contributed by atoms with van der Waals surface area (Å²) in [6.45, 7) is 2.92. The molecular weight excluding hydrogens is 332 g/mol. The third-order valence-electron chi connectivity index (χ3n) is 3.80. The van der Waals surface area contributed by atoms with Crippen LogP contribution in [0.5, 0.6) is 0 Å². The van der Waals surface area contributed by atoms with Crippen molar-refractivity contribution in [2.45, 2.75) is 32.9 Å². The first kappa shape index (κ1) is 20.1. The van der Waals surface area contributed by atoms with Gasteiger partial charge >= 0.3 is 11.9 Å². The third kappa shape index (κ3) is 5.00. The average Bonchev–Trinajstić information content (AvgIpc) is 2.58. The Balaban J connectivity index is 3.13. The van der Waals surface area contributed by atoms with Crippen LogP contribution >= 0.6 is 0 Å². The number of methoxy groups -OCH3 is 1. The number of esters is 1. The lowest BCUT2D eigenvalue weighted by molar-refractivity contribution is -0.384. The number of aliphatic carboxylic acids is 1. The molecule has 0 bridgehead atoms. The molecular formula is C16H20N2O7. The van der Waals surface area contributed by atoms with Crippen molar-refractivity contribution in [2.75, 3.05) is 7.11 Å². The van der Waals surface area contributed by atoms with Gasteiger partial charge in [-0.3, -0.25) is 19.7 Å². The van der Waals surface area contributed by atoms with Gasteiger partial charge in [-0.25, -0.2) is 4.79 Å². The monoisotopic (exact) mass is 352 g/mol. The van der Waals surface area contributed by atoms with E-state index in [4.69, 9.17) is 0 Å². The number of nitro benzene ring substituents is 1. The Kier molecular flexibility index (Phi) is 7.04. The molecule has 0 saturated carbocycles. The van der Waals surface area contributed by atoms with Crippen molar-refractivity contribution in [3.8, 4) is 0 Å². The van der Waals surface area contributed by atoms with Gasteiger partial charge in [0, 0.05) is 18.7 Å². The van der Waals surface area contributed by atoms with Gasteiger partial charge in [0.25, 0.3) is 5.69 Å². The van der Waals surface area contributed by atoms with E-state index >= 15 is 0 Å². The number of amides is 1. The highest BCUT2D eigenvalue weighted by Crippen LogP contribution is 2.18. The van der Waals surface area contributed by atoms with Gasteiger partial charge in [-0.2, -0.15) is 0 Å². The summed E-state index contributed by atoms with van der Waals surface area (Å²) in [6.07, 6.45) is 0.0683. The molecule has 9 heteroatoms. The molecule has 0 fully saturated rings. The molecule has 25 heavy (non-hydrogen) atoms. The SMILES string of the molecule is CCC(C(=O)O)C(=O)N(Cc1ccc([N+](=O)[O-])cc1)C(C)C(=O)OC. The van der Waals surface area contributed by atoms with Crippen molar-refractivity contribution >= 4 is 23.5 Å². The number of nitro groups is 1. The zero-order valence-electron chi connectivity index (χ0n) is 14.2. The first-order valence-corrected chi connectivity index (χ1v) is 7.57. The van der Waals surface area contributed by atoms with Crippen LogP contribution in [0, 0.1) is 16.0 Å². The molecule has 0 radical (unpaired) electrons. The van der Waals surface area contributed by atoms with Gasteiger partial charge in [0.1, 0.15) is 12.0 Å². The molecule has 2 unspecified atom stereocenters. The Morgan fingerprint density at radius 1 is 1.28 bits per heavy atom. The first-order valence-electron chi connectivity index (χ1n) is 7.57. The minimum absolute atomic E-state index is 0.0683. The maximum absolute atomic E-state index is 12.6. The standard InChI is InChI=1S/C16H20N2O7/c1-4-13(15(20)21)14(19)17(10(2)16(22)25-3)9-11-5-7-12(8-6-11)18(23)24/h5-8,10,13H,4,9H2,1-3H3,(H,20,21). The molecule has 1 rings (SSSR count). The summed E-state index contributed by atoms with van der Waals surface area (Å²) in [6, 6.07) is 4.44. The van der Waals surface area contributed by atoms with E-state index in [1.807, 2.05) is 0 Å². The van der Waals surface area contributed by atoms with Crippen LogP contribution in [0.1, 0.15) is 25.8 Å². The molecule has 0 heterocycles. The van der Waals surface area contributed by atoms with Gasteiger partial charge in [-0.05, 0) is 18.9 Å². The lowest BCUT2D eigenvalue weighted by atomic mass is 10.0. The second kappa shape index (κ2) is 8.76. The normalized spacial score (nSPS) is 12.8. The minimum Gasteiger partial charge on any atom is -0.481 e. The number of non-ortho nitro benzene ring substituents is 1. The zero-order valence-corrected chi connectivity index (χ0v) is 14.2.